The van der Waals surface area contributed by atoms with Crippen LogP contribution in [0.1, 0.15) is 49.4 Å². The summed E-state index contributed by atoms with van der Waals surface area (Å²) >= 11 is 0. The molecule has 0 bridgehead atoms. The number of aryl methyl sites for hydroxylation is 1. The van der Waals surface area contributed by atoms with Crippen molar-refractivity contribution in [2.45, 2.75) is 46.3 Å². The van der Waals surface area contributed by atoms with Gasteiger partial charge in [0.25, 0.3) is 0 Å². The van der Waals surface area contributed by atoms with Crippen molar-refractivity contribution in [1.82, 2.24) is 14.8 Å². The molecule has 1 aliphatic heterocycles. The smallest absolute Gasteiger partial charge is 0.338 e. The summed E-state index contributed by atoms with van der Waals surface area (Å²) in [6.07, 6.45) is 3.25. The Balaban J connectivity index is 1.70. The van der Waals surface area contributed by atoms with Crippen LogP contribution in [0.25, 0.3) is 0 Å². The molecule has 0 aliphatic carbocycles. The van der Waals surface area contributed by atoms with E-state index in [4.69, 9.17) is 9.47 Å². The Labute approximate surface area is 188 Å². The first-order valence-corrected chi connectivity index (χ1v) is 10.9. The molecular formula is C25H28N4O3. The van der Waals surface area contributed by atoms with Gasteiger partial charge < -0.3 is 14.8 Å². The standard InChI is InChI=1S/C25H28N4O3/c1-4-5-14-31-24(30)22-18(3)28-25-26-16-27-29(25)23(22)20-12-8-9-13-21(20)32-15-19-11-7-6-10-17(19)2/h6-13,16,23H,4-5,14-15H2,1-3H3,(H,26,27,28). The average molecular weight is 433 g/mol. The van der Waals surface area contributed by atoms with E-state index in [0.29, 0.717) is 36.2 Å². The zero-order valence-corrected chi connectivity index (χ0v) is 18.7. The van der Waals surface area contributed by atoms with E-state index in [0.717, 1.165) is 24.0 Å². The number of nitrogens with zero attached hydrogens (tertiary/aromatic N) is 3. The van der Waals surface area contributed by atoms with Crippen LogP contribution in [0.3, 0.4) is 0 Å². The van der Waals surface area contributed by atoms with E-state index in [-0.39, 0.29) is 5.97 Å². The van der Waals surface area contributed by atoms with Gasteiger partial charge in [0.15, 0.2) is 0 Å². The highest BCUT2D eigenvalue weighted by atomic mass is 16.5. The normalized spacial score (nSPS) is 15.2. The van der Waals surface area contributed by atoms with Crippen LogP contribution >= 0.6 is 0 Å². The van der Waals surface area contributed by atoms with Crippen molar-refractivity contribution in [2.75, 3.05) is 11.9 Å². The lowest BCUT2D eigenvalue weighted by Crippen LogP contribution is -2.30. The molecule has 1 atom stereocenters. The van der Waals surface area contributed by atoms with Crippen molar-refractivity contribution in [1.29, 1.82) is 0 Å². The molecule has 166 valence electrons. The molecule has 7 nitrogen and oxygen atoms in total. The topological polar surface area (TPSA) is 78.3 Å². The second-order valence-corrected chi connectivity index (χ2v) is 7.84. The van der Waals surface area contributed by atoms with E-state index >= 15 is 0 Å². The Bertz CT molecular complexity index is 1140. The van der Waals surface area contributed by atoms with E-state index in [9.17, 15) is 4.79 Å². The molecule has 0 saturated heterocycles. The molecule has 0 radical (unpaired) electrons. The Morgan fingerprint density at radius 3 is 2.72 bits per heavy atom. The Hall–Kier alpha value is -3.61. The fraction of sp³-hybridized carbons (Fsp3) is 0.320. The van der Waals surface area contributed by atoms with Gasteiger partial charge in [-0.2, -0.15) is 10.1 Å². The van der Waals surface area contributed by atoms with E-state index in [1.165, 1.54) is 11.9 Å². The molecule has 32 heavy (non-hydrogen) atoms. The highest BCUT2D eigenvalue weighted by Crippen LogP contribution is 2.39. The van der Waals surface area contributed by atoms with Gasteiger partial charge in [0.05, 0.1) is 12.2 Å². The van der Waals surface area contributed by atoms with Crippen LogP contribution < -0.4 is 10.1 Å². The quantitative estimate of drug-likeness (QED) is 0.407. The van der Waals surface area contributed by atoms with Gasteiger partial charge in [-0.05, 0) is 37.5 Å². The zero-order chi connectivity index (χ0) is 22.5. The monoisotopic (exact) mass is 432 g/mol. The van der Waals surface area contributed by atoms with Crippen LogP contribution in [0, 0.1) is 6.92 Å². The first kappa shape index (κ1) is 21.6. The number of anilines is 1. The summed E-state index contributed by atoms with van der Waals surface area (Å²) in [7, 11) is 0. The molecule has 1 aromatic heterocycles. The molecule has 2 aromatic carbocycles. The molecule has 3 aromatic rings. The fourth-order valence-corrected chi connectivity index (χ4v) is 3.80. The van der Waals surface area contributed by atoms with Crippen LogP contribution in [0.4, 0.5) is 5.95 Å². The van der Waals surface area contributed by atoms with Crippen LogP contribution in [-0.2, 0) is 16.1 Å². The summed E-state index contributed by atoms with van der Waals surface area (Å²) < 4.78 is 13.5. The molecule has 1 aliphatic rings. The van der Waals surface area contributed by atoms with Gasteiger partial charge in [-0.1, -0.05) is 55.8 Å². The minimum absolute atomic E-state index is 0.358. The van der Waals surface area contributed by atoms with Crippen molar-refractivity contribution in [3.63, 3.8) is 0 Å². The van der Waals surface area contributed by atoms with Crippen molar-refractivity contribution >= 4 is 11.9 Å². The minimum atomic E-state index is -0.504. The number of rotatable bonds is 8. The number of nitrogens with one attached hydrogen (secondary N) is 1. The molecule has 0 spiro atoms. The summed E-state index contributed by atoms with van der Waals surface area (Å²) in [5.74, 6) is 0.908. The Kier molecular flexibility index (Phi) is 6.54. The van der Waals surface area contributed by atoms with Gasteiger partial charge >= 0.3 is 5.97 Å². The molecule has 7 heteroatoms. The Morgan fingerprint density at radius 2 is 1.91 bits per heavy atom. The van der Waals surface area contributed by atoms with E-state index in [1.54, 1.807) is 4.68 Å². The van der Waals surface area contributed by atoms with Gasteiger partial charge in [-0.25, -0.2) is 9.48 Å². The molecular weight excluding hydrogens is 404 g/mol. The maximum Gasteiger partial charge on any atom is 0.338 e. The van der Waals surface area contributed by atoms with Crippen molar-refractivity contribution in [2.24, 2.45) is 0 Å². The highest BCUT2D eigenvalue weighted by Gasteiger charge is 2.36. The van der Waals surface area contributed by atoms with E-state index in [2.05, 4.69) is 41.4 Å². The fourth-order valence-electron chi connectivity index (χ4n) is 3.80. The number of hydrogen-bond donors (Lipinski definition) is 1. The summed E-state index contributed by atoms with van der Waals surface area (Å²) in [6, 6.07) is 15.4. The number of fused-ring (bicyclic) bond motifs is 1. The number of ether oxygens (including phenoxy) is 2. The van der Waals surface area contributed by atoms with Crippen LogP contribution in [0.15, 0.2) is 66.1 Å². The lowest BCUT2D eigenvalue weighted by Gasteiger charge is -2.29. The first-order valence-electron chi connectivity index (χ1n) is 10.9. The SMILES string of the molecule is CCCCOC(=O)C1=C(C)Nc2ncnn2C1c1ccccc1OCc1ccccc1C. The number of unbranched alkanes of at least 4 members (excludes halogenated alkanes) is 1. The van der Waals surface area contributed by atoms with Crippen molar-refractivity contribution < 1.29 is 14.3 Å². The number of allylic oxidation sites excluding steroid dienone is 1. The second kappa shape index (κ2) is 9.68. The number of carbonyl (C=O) groups is 1. The molecule has 0 fully saturated rings. The van der Waals surface area contributed by atoms with Gasteiger partial charge in [-0.3, -0.25) is 0 Å². The number of carbonyl (C=O) groups excluding carboxylic acids is 1. The molecule has 1 unspecified atom stereocenters. The zero-order valence-electron chi connectivity index (χ0n) is 18.7. The predicted molar refractivity (Wildman–Crippen MR) is 122 cm³/mol. The second-order valence-electron chi connectivity index (χ2n) is 7.84. The lowest BCUT2D eigenvalue weighted by atomic mass is 9.95. The summed E-state index contributed by atoms with van der Waals surface area (Å²) in [6.45, 7) is 6.80. The number of aromatic nitrogens is 3. The van der Waals surface area contributed by atoms with Gasteiger partial charge in [0, 0.05) is 11.3 Å². The largest absolute Gasteiger partial charge is 0.489 e. The van der Waals surface area contributed by atoms with Crippen molar-refractivity contribution in [3.05, 3.63) is 82.8 Å². The maximum absolute atomic E-state index is 13.1. The average Bonchev–Trinajstić information content (AvgIpc) is 3.26. The lowest BCUT2D eigenvalue weighted by molar-refractivity contribution is -0.139. The molecule has 2 heterocycles. The van der Waals surface area contributed by atoms with Crippen LogP contribution in [0.5, 0.6) is 5.75 Å². The van der Waals surface area contributed by atoms with Crippen LogP contribution in [-0.4, -0.2) is 27.3 Å². The number of benzene rings is 2. The van der Waals surface area contributed by atoms with E-state index < -0.39 is 6.04 Å². The molecule has 4 rings (SSSR count). The Morgan fingerprint density at radius 1 is 1.12 bits per heavy atom. The summed E-state index contributed by atoms with van der Waals surface area (Å²) in [5, 5.41) is 7.57. The third kappa shape index (κ3) is 4.37. The number of esters is 1. The van der Waals surface area contributed by atoms with Crippen LogP contribution in [0.2, 0.25) is 0 Å². The summed E-state index contributed by atoms with van der Waals surface area (Å²) in [4.78, 5) is 17.4. The third-order valence-electron chi connectivity index (χ3n) is 5.60. The summed E-state index contributed by atoms with van der Waals surface area (Å²) in [5.41, 5.74) is 4.31. The van der Waals surface area contributed by atoms with Gasteiger partial charge in [0.2, 0.25) is 5.95 Å². The van der Waals surface area contributed by atoms with E-state index in [1.807, 2.05) is 43.3 Å². The number of hydrogen-bond acceptors (Lipinski definition) is 6. The number of para-hydroxylation sites is 1. The molecule has 0 saturated carbocycles. The minimum Gasteiger partial charge on any atom is -0.489 e. The maximum atomic E-state index is 13.1. The highest BCUT2D eigenvalue weighted by molar-refractivity contribution is 5.92. The van der Waals surface area contributed by atoms with Crippen molar-refractivity contribution in [3.8, 4) is 5.75 Å². The first-order chi connectivity index (χ1) is 15.6. The predicted octanol–water partition coefficient (Wildman–Crippen LogP) is 4.80. The van der Waals surface area contributed by atoms with Gasteiger partial charge in [-0.15, -0.1) is 0 Å². The molecule has 0 amide bonds. The third-order valence-corrected chi connectivity index (χ3v) is 5.60. The van der Waals surface area contributed by atoms with Gasteiger partial charge in [0.1, 0.15) is 24.7 Å². The molecule has 1 N–H and O–H groups in total.